The van der Waals surface area contributed by atoms with Gasteiger partial charge in [0, 0.05) is 37.4 Å². The van der Waals surface area contributed by atoms with Gasteiger partial charge in [0.1, 0.15) is 5.75 Å². The number of carbonyl (C=O) groups excluding carboxylic acids is 1. The van der Waals surface area contributed by atoms with Crippen molar-refractivity contribution in [2.24, 2.45) is 0 Å². The van der Waals surface area contributed by atoms with Gasteiger partial charge < -0.3 is 15.8 Å². The predicted octanol–water partition coefficient (Wildman–Crippen LogP) is 2.28. The second kappa shape index (κ2) is 7.36. The van der Waals surface area contributed by atoms with E-state index < -0.39 is 0 Å². The molecule has 1 amide bonds. The van der Waals surface area contributed by atoms with Gasteiger partial charge in [-0.15, -0.1) is 0 Å². The van der Waals surface area contributed by atoms with Crippen molar-refractivity contribution in [1.29, 1.82) is 0 Å². The molecule has 0 aromatic heterocycles. The van der Waals surface area contributed by atoms with E-state index in [2.05, 4.69) is 34.5 Å². The summed E-state index contributed by atoms with van der Waals surface area (Å²) >= 11 is 0. The van der Waals surface area contributed by atoms with Crippen LogP contribution in [0.3, 0.4) is 0 Å². The van der Waals surface area contributed by atoms with Crippen LogP contribution < -0.4 is 15.8 Å². The average molecular weight is 325 g/mol. The first-order chi connectivity index (χ1) is 11.7. The largest absolute Gasteiger partial charge is 0.496 e. The minimum atomic E-state index is -0.113. The molecule has 3 N–H and O–H groups in total. The Hall–Kier alpha value is -2.53. The fourth-order valence-electron chi connectivity index (χ4n) is 3.09. The van der Waals surface area contributed by atoms with E-state index in [1.54, 1.807) is 25.3 Å². The van der Waals surface area contributed by atoms with Crippen LogP contribution in [0, 0.1) is 0 Å². The maximum atomic E-state index is 12.5. The molecule has 1 aliphatic rings. The summed E-state index contributed by atoms with van der Waals surface area (Å²) in [6.07, 6.45) is 0.954. The zero-order valence-electron chi connectivity index (χ0n) is 13.9. The maximum absolute atomic E-state index is 12.5. The third-order valence-electron chi connectivity index (χ3n) is 4.33. The van der Waals surface area contributed by atoms with Gasteiger partial charge in [0.15, 0.2) is 0 Å². The Morgan fingerprint density at radius 2 is 2.08 bits per heavy atom. The Labute approximate surface area is 142 Å². The van der Waals surface area contributed by atoms with Crippen LogP contribution in [0.25, 0.3) is 0 Å². The molecular weight excluding hydrogens is 302 g/mol. The fraction of sp³-hybridized carbons (Fsp3) is 0.316. The molecule has 5 heteroatoms. The molecule has 2 aromatic carbocycles. The molecule has 24 heavy (non-hydrogen) atoms. The molecule has 1 fully saturated rings. The van der Waals surface area contributed by atoms with Gasteiger partial charge in [-0.05, 0) is 24.1 Å². The summed E-state index contributed by atoms with van der Waals surface area (Å²) < 4.78 is 5.26. The van der Waals surface area contributed by atoms with E-state index in [0.29, 0.717) is 17.0 Å². The first kappa shape index (κ1) is 16.3. The first-order valence-electron chi connectivity index (χ1n) is 8.16. The summed E-state index contributed by atoms with van der Waals surface area (Å²) in [6, 6.07) is 15.6. The van der Waals surface area contributed by atoms with Gasteiger partial charge in [-0.1, -0.05) is 30.3 Å². The highest BCUT2D eigenvalue weighted by Gasteiger charge is 2.25. The molecule has 1 heterocycles. The number of nitrogens with zero attached hydrogens (tertiary/aromatic N) is 1. The van der Waals surface area contributed by atoms with Crippen molar-refractivity contribution >= 4 is 11.6 Å². The van der Waals surface area contributed by atoms with Crippen LogP contribution in [0.15, 0.2) is 48.5 Å². The molecule has 126 valence electrons. The molecule has 1 atom stereocenters. The zero-order chi connectivity index (χ0) is 16.9. The molecule has 0 aliphatic carbocycles. The number of rotatable bonds is 5. The number of hydrogen-bond donors (Lipinski definition) is 2. The lowest BCUT2D eigenvalue weighted by Gasteiger charge is -2.17. The smallest absolute Gasteiger partial charge is 0.255 e. The number of benzene rings is 2. The molecule has 5 nitrogen and oxygen atoms in total. The summed E-state index contributed by atoms with van der Waals surface area (Å²) in [4.78, 5) is 14.9. The lowest BCUT2D eigenvalue weighted by molar-refractivity contribution is 0.0934. The number of nitrogens with one attached hydrogen (secondary N) is 1. The van der Waals surface area contributed by atoms with Crippen LogP contribution in [0.4, 0.5) is 5.69 Å². The minimum absolute atomic E-state index is 0.113. The molecule has 0 radical (unpaired) electrons. The highest BCUT2D eigenvalue weighted by atomic mass is 16.5. The molecule has 2 aromatic rings. The van der Waals surface area contributed by atoms with Crippen LogP contribution >= 0.6 is 0 Å². The molecular formula is C19H23N3O2. The second-order valence-corrected chi connectivity index (χ2v) is 6.14. The highest BCUT2D eigenvalue weighted by Crippen LogP contribution is 2.22. The summed E-state index contributed by atoms with van der Waals surface area (Å²) in [5.74, 6) is 0.394. The standard InChI is InChI=1S/C19H23N3O2/c1-24-18-11-15(20)7-8-17(18)19(23)21-16-9-10-22(13-16)12-14-5-3-2-4-6-14/h2-8,11,16H,9-10,12-13,20H2,1H3,(H,21,23). The van der Waals surface area contributed by atoms with Crippen molar-refractivity contribution < 1.29 is 9.53 Å². The average Bonchev–Trinajstić information content (AvgIpc) is 3.02. The zero-order valence-corrected chi connectivity index (χ0v) is 13.9. The molecule has 0 saturated carbocycles. The van der Waals surface area contributed by atoms with E-state index in [0.717, 1.165) is 26.1 Å². The van der Waals surface area contributed by atoms with Gasteiger partial charge in [0.25, 0.3) is 5.91 Å². The van der Waals surface area contributed by atoms with Gasteiger partial charge in [0.2, 0.25) is 0 Å². The molecule has 3 rings (SSSR count). The van der Waals surface area contributed by atoms with Crippen LogP contribution in [-0.4, -0.2) is 37.0 Å². The molecule has 1 aliphatic heterocycles. The minimum Gasteiger partial charge on any atom is -0.496 e. The molecule has 1 unspecified atom stereocenters. The van der Waals surface area contributed by atoms with Gasteiger partial charge >= 0.3 is 0 Å². The van der Waals surface area contributed by atoms with Crippen molar-refractivity contribution in [2.75, 3.05) is 25.9 Å². The Balaban J connectivity index is 1.58. The number of amides is 1. The Kier molecular flexibility index (Phi) is 5.01. The van der Waals surface area contributed by atoms with E-state index in [4.69, 9.17) is 10.5 Å². The normalized spacial score (nSPS) is 17.6. The van der Waals surface area contributed by atoms with Crippen molar-refractivity contribution in [3.63, 3.8) is 0 Å². The Bertz CT molecular complexity index is 703. The number of likely N-dealkylation sites (tertiary alicyclic amines) is 1. The Morgan fingerprint density at radius 3 is 2.83 bits per heavy atom. The topological polar surface area (TPSA) is 67.6 Å². The Morgan fingerprint density at radius 1 is 1.29 bits per heavy atom. The third-order valence-corrected chi connectivity index (χ3v) is 4.33. The van der Waals surface area contributed by atoms with Crippen LogP contribution in [-0.2, 0) is 6.54 Å². The SMILES string of the molecule is COc1cc(N)ccc1C(=O)NC1CCN(Cc2ccccc2)C1. The molecule has 0 bridgehead atoms. The van der Waals surface area contributed by atoms with E-state index >= 15 is 0 Å². The maximum Gasteiger partial charge on any atom is 0.255 e. The number of anilines is 1. The van der Waals surface area contributed by atoms with E-state index in [1.807, 2.05) is 6.07 Å². The van der Waals surface area contributed by atoms with E-state index in [1.165, 1.54) is 5.56 Å². The summed E-state index contributed by atoms with van der Waals surface area (Å²) in [5, 5.41) is 3.10. The van der Waals surface area contributed by atoms with Gasteiger partial charge in [-0.3, -0.25) is 9.69 Å². The molecule has 1 saturated heterocycles. The number of hydrogen-bond acceptors (Lipinski definition) is 4. The fourth-order valence-corrected chi connectivity index (χ4v) is 3.09. The quantitative estimate of drug-likeness (QED) is 0.828. The van der Waals surface area contributed by atoms with Crippen molar-refractivity contribution in [2.45, 2.75) is 19.0 Å². The summed E-state index contributed by atoms with van der Waals surface area (Å²) in [6.45, 7) is 2.76. The van der Waals surface area contributed by atoms with E-state index in [-0.39, 0.29) is 11.9 Å². The number of nitrogens with two attached hydrogens (primary N) is 1. The van der Waals surface area contributed by atoms with Crippen molar-refractivity contribution in [3.8, 4) is 5.75 Å². The second-order valence-electron chi connectivity index (χ2n) is 6.14. The number of methoxy groups -OCH3 is 1. The van der Waals surface area contributed by atoms with Crippen molar-refractivity contribution in [1.82, 2.24) is 10.2 Å². The van der Waals surface area contributed by atoms with Gasteiger partial charge in [0.05, 0.1) is 12.7 Å². The predicted molar refractivity (Wildman–Crippen MR) is 95.0 cm³/mol. The highest BCUT2D eigenvalue weighted by molar-refractivity contribution is 5.97. The van der Waals surface area contributed by atoms with Gasteiger partial charge in [-0.2, -0.15) is 0 Å². The van der Waals surface area contributed by atoms with Crippen molar-refractivity contribution in [3.05, 3.63) is 59.7 Å². The monoisotopic (exact) mass is 325 g/mol. The third kappa shape index (κ3) is 3.86. The van der Waals surface area contributed by atoms with Gasteiger partial charge in [-0.25, -0.2) is 0 Å². The lowest BCUT2D eigenvalue weighted by Crippen LogP contribution is -2.37. The number of carbonyl (C=O) groups is 1. The number of nitrogen functional groups attached to an aromatic ring is 1. The van der Waals surface area contributed by atoms with Crippen LogP contribution in [0.1, 0.15) is 22.3 Å². The first-order valence-corrected chi connectivity index (χ1v) is 8.16. The lowest BCUT2D eigenvalue weighted by atomic mass is 10.1. The van der Waals surface area contributed by atoms with Crippen LogP contribution in [0.5, 0.6) is 5.75 Å². The molecule has 0 spiro atoms. The summed E-state index contributed by atoms with van der Waals surface area (Å²) in [7, 11) is 1.54. The van der Waals surface area contributed by atoms with Crippen LogP contribution in [0.2, 0.25) is 0 Å². The number of ether oxygens (including phenoxy) is 1. The van der Waals surface area contributed by atoms with E-state index in [9.17, 15) is 4.79 Å². The summed E-state index contributed by atoms with van der Waals surface area (Å²) in [5.41, 5.74) is 8.14.